The first kappa shape index (κ1) is 10.2. The third kappa shape index (κ3) is 1.52. The van der Waals surface area contributed by atoms with E-state index < -0.39 is 11.6 Å². The van der Waals surface area contributed by atoms with Crippen molar-refractivity contribution in [2.45, 2.75) is 0 Å². The van der Waals surface area contributed by atoms with Crippen LogP contribution in [0.15, 0.2) is 33.7 Å². The first-order valence-electron chi connectivity index (χ1n) is 4.46. The van der Waals surface area contributed by atoms with Crippen molar-refractivity contribution in [2.24, 2.45) is 0 Å². The quantitative estimate of drug-likeness (QED) is 0.829. The van der Waals surface area contributed by atoms with Crippen LogP contribution in [-0.4, -0.2) is 18.2 Å². The zero-order chi connectivity index (χ0) is 11.7. The number of aromatic carboxylic acids is 1. The van der Waals surface area contributed by atoms with Crippen LogP contribution in [0.25, 0.3) is 10.8 Å². The Morgan fingerprint density at radius 3 is 2.75 bits per heavy atom. The topological polar surface area (TPSA) is 76.7 Å². The Balaban J connectivity index is 2.86. The molecule has 0 unspecified atom stereocenters. The highest BCUT2D eigenvalue weighted by Crippen LogP contribution is 2.21. The van der Waals surface area contributed by atoms with E-state index in [1.54, 1.807) is 6.07 Å². The highest BCUT2D eigenvalue weighted by molar-refractivity contribution is 6.02. The van der Waals surface area contributed by atoms with Crippen molar-refractivity contribution >= 4 is 16.7 Å². The summed E-state index contributed by atoms with van der Waals surface area (Å²) in [7, 11) is 1.46. The molecule has 0 aliphatic carbocycles. The molecular formula is C11H8O5. The fraction of sp³-hybridized carbons (Fsp3) is 0.0909. The molecule has 1 aromatic heterocycles. The van der Waals surface area contributed by atoms with E-state index in [1.165, 1.54) is 19.2 Å². The molecule has 0 aliphatic heterocycles. The van der Waals surface area contributed by atoms with Crippen molar-refractivity contribution in [1.82, 2.24) is 0 Å². The Kier molecular flexibility index (Phi) is 2.36. The number of hydrogen-bond donors (Lipinski definition) is 1. The molecule has 0 bridgehead atoms. The minimum Gasteiger partial charge on any atom is -0.497 e. The Labute approximate surface area is 89.9 Å². The molecule has 2 aromatic rings. The summed E-state index contributed by atoms with van der Waals surface area (Å²) < 4.78 is 9.59. The Morgan fingerprint density at radius 1 is 1.38 bits per heavy atom. The maximum absolute atomic E-state index is 11.4. The molecule has 0 saturated heterocycles. The predicted octanol–water partition coefficient (Wildman–Crippen LogP) is 1.50. The van der Waals surface area contributed by atoms with Crippen molar-refractivity contribution in [1.29, 1.82) is 0 Å². The number of hydrogen-bond acceptors (Lipinski definition) is 4. The van der Waals surface area contributed by atoms with E-state index in [4.69, 9.17) is 9.84 Å². The van der Waals surface area contributed by atoms with Gasteiger partial charge in [-0.25, -0.2) is 9.59 Å². The van der Waals surface area contributed by atoms with E-state index in [0.29, 0.717) is 11.1 Å². The van der Waals surface area contributed by atoms with Crippen molar-refractivity contribution in [3.63, 3.8) is 0 Å². The number of carboxylic acid groups (broad SMARTS) is 1. The highest BCUT2D eigenvalue weighted by atomic mass is 16.5. The first-order chi connectivity index (χ1) is 7.63. The summed E-state index contributed by atoms with van der Waals surface area (Å²) in [4.78, 5) is 22.3. The van der Waals surface area contributed by atoms with E-state index >= 15 is 0 Å². The molecule has 0 spiro atoms. The van der Waals surface area contributed by atoms with Crippen molar-refractivity contribution in [3.05, 3.63) is 40.4 Å². The maximum atomic E-state index is 11.4. The van der Waals surface area contributed by atoms with E-state index in [-0.39, 0.29) is 10.9 Å². The van der Waals surface area contributed by atoms with Gasteiger partial charge < -0.3 is 14.3 Å². The van der Waals surface area contributed by atoms with Crippen LogP contribution in [0.1, 0.15) is 10.4 Å². The number of benzene rings is 1. The Hall–Kier alpha value is -2.30. The van der Waals surface area contributed by atoms with Gasteiger partial charge in [-0.15, -0.1) is 0 Å². The SMILES string of the molecule is COc1ccc2c(C(=O)O)coc(=O)c2c1. The molecule has 5 heteroatoms. The van der Waals surface area contributed by atoms with Gasteiger partial charge in [0, 0.05) is 5.39 Å². The van der Waals surface area contributed by atoms with Crippen molar-refractivity contribution < 1.29 is 19.1 Å². The van der Waals surface area contributed by atoms with Gasteiger partial charge in [0.15, 0.2) is 0 Å². The second-order valence-corrected chi connectivity index (χ2v) is 3.15. The second-order valence-electron chi connectivity index (χ2n) is 3.15. The molecule has 5 nitrogen and oxygen atoms in total. The average Bonchev–Trinajstić information content (AvgIpc) is 2.29. The molecule has 0 radical (unpaired) electrons. The summed E-state index contributed by atoms with van der Waals surface area (Å²) in [5.41, 5.74) is -0.629. The monoisotopic (exact) mass is 220 g/mol. The van der Waals surface area contributed by atoms with E-state index in [9.17, 15) is 9.59 Å². The minimum absolute atomic E-state index is 0.0442. The molecule has 0 atom stereocenters. The fourth-order valence-corrected chi connectivity index (χ4v) is 1.46. The molecule has 0 amide bonds. The maximum Gasteiger partial charge on any atom is 0.343 e. The number of rotatable bonds is 2. The Morgan fingerprint density at radius 2 is 2.12 bits per heavy atom. The van der Waals surface area contributed by atoms with Crippen LogP contribution in [0.2, 0.25) is 0 Å². The van der Waals surface area contributed by atoms with Crippen molar-refractivity contribution in [3.8, 4) is 5.75 Å². The van der Waals surface area contributed by atoms with E-state index in [2.05, 4.69) is 4.42 Å². The van der Waals surface area contributed by atoms with Crippen molar-refractivity contribution in [2.75, 3.05) is 7.11 Å². The lowest BCUT2D eigenvalue weighted by atomic mass is 10.1. The zero-order valence-corrected chi connectivity index (χ0v) is 8.39. The number of carboxylic acids is 1. The summed E-state index contributed by atoms with van der Waals surface area (Å²) in [6.45, 7) is 0. The van der Waals surface area contributed by atoms with Gasteiger partial charge in [0.05, 0.1) is 12.5 Å². The average molecular weight is 220 g/mol. The minimum atomic E-state index is -1.14. The van der Waals surface area contributed by atoms with Gasteiger partial charge in [-0.05, 0) is 18.2 Å². The van der Waals surface area contributed by atoms with Gasteiger partial charge in [0.1, 0.15) is 17.6 Å². The van der Waals surface area contributed by atoms with Gasteiger partial charge in [0.25, 0.3) is 0 Å². The molecule has 82 valence electrons. The third-order valence-corrected chi connectivity index (χ3v) is 2.25. The largest absolute Gasteiger partial charge is 0.497 e. The third-order valence-electron chi connectivity index (χ3n) is 2.25. The van der Waals surface area contributed by atoms with Crippen LogP contribution in [0.5, 0.6) is 5.75 Å². The number of carbonyl (C=O) groups is 1. The summed E-state index contributed by atoms with van der Waals surface area (Å²) in [6.07, 6.45) is 0.944. The number of ether oxygens (including phenoxy) is 1. The smallest absolute Gasteiger partial charge is 0.343 e. The second kappa shape index (κ2) is 3.69. The lowest BCUT2D eigenvalue weighted by Gasteiger charge is -2.03. The van der Waals surface area contributed by atoms with Crippen LogP contribution >= 0.6 is 0 Å². The summed E-state index contributed by atoms with van der Waals surface area (Å²) in [5.74, 6) is -0.666. The molecule has 1 N–H and O–H groups in total. The van der Waals surface area contributed by atoms with Gasteiger partial charge in [-0.1, -0.05) is 0 Å². The summed E-state index contributed by atoms with van der Waals surface area (Å²) in [5, 5.41) is 9.44. The number of methoxy groups -OCH3 is 1. The molecule has 1 heterocycles. The van der Waals surface area contributed by atoms with Crippen LogP contribution in [-0.2, 0) is 0 Å². The molecule has 1 aromatic carbocycles. The Bertz CT molecular complexity index is 611. The van der Waals surface area contributed by atoms with Gasteiger partial charge in [-0.3, -0.25) is 0 Å². The summed E-state index contributed by atoms with van der Waals surface area (Å²) >= 11 is 0. The normalized spacial score (nSPS) is 10.3. The van der Waals surface area contributed by atoms with Gasteiger partial charge >= 0.3 is 11.6 Å². The van der Waals surface area contributed by atoms with E-state index in [1.807, 2.05) is 0 Å². The van der Waals surface area contributed by atoms with Crippen LogP contribution in [0.4, 0.5) is 0 Å². The van der Waals surface area contributed by atoms with Crippen LogP contribution < -0.4 is 10.4 Å². The molecule has 0 aliphatic rings. The van der Waals surface area contributed by atoms with Crippen LogP contribution in [0, 0.1) is 0 Å². The highest BCUT2D eigenvalue weighted by Gasteiger charge is 2.12. The molecular weight excluding hydrogens is 212 g/mol. The molecule has 2 rings (SSSR count). The van der Waals surface area contributed by atoms with E-state index in [0.717, 1.165) is 6.26 Å². The van der Waals surface area contributed by atoms with Crippen LogP contribution in [0.3, 0.4) is 0 Å². The predicted molar refractivity (Wildman–Crippen MR) is 56.0 cm³/mol. The first-order valence-corrected chi connectivity index (χ1v) is 4.46. The van der Waals surface area contributed by atoms with Gasteiger partial charge in [0.2, 0.25) is 0 Å². The summed E-state index contributed by atoms with van der Waals surface area (Å²) in [6, 6.07) is 4.57. The molecule has 0 fully saturated rings. The van der Waals surface area contributed by atoms with Gasteiger partial charge in [-0.2, -0.15) is 0 Å². The standard InChI is InChI=1S/C11H8O5/c1-15-6-2-3-7-8(4-6)11(14)16-5-9(7)10(12)13/h2-5H,1H3,(H,12,13). The molecule has 0 saturated carbocycles. The lowest BCUT2D eigenvalue weighted by molar-refractivity contribution is 0.0696. The molecule has 16 heavy (non-hydrogen) atoms. The fourth-order valence-electron chi connectivity index (χ4n) is 1.46. The lowest BCUT2D eigenvalue weighted by Crippen LogP contribution is -2.05. The zero-order valence-electron chi connectivity index (χ0n) is 8.39. The number of fused-ring (bicyclic) bond motifs is 1.